The molecule has 0 saturated carbocycles. The van der Waals surface area contributed by atoms with E-state index < -0.39 is 0 Å². The molecule has 1 aliphatic rings. The third-order valence-electron chi connectivity index (χ3n) is 3.35. The standard InChI is InChI=1S/C13H14N4O3/c1-20-11-3-2-9(6-10(11)18)13(19)16-4-5-17-8-14-15-12(17)7-16/h2-3,6,8,18H,4-5,7H2,1H3. The highest BCUT2D eigenvalue weighted by Gasteiger charge is 2.23. The van der Waals surface area contributed by atoms with Gasteiger partial charge in [0, 0.05) is 18.7 Å². The van der Waals surface area contributed by atoms with E-state index in [0.717, 1.165) is 5.82 Å². The van der Waals surface area contributed by atoms with Crippen LogP contribution in [0.4, 0.5) is 0 Å². The van der Waals surface area contributed by atoms with E-state index in [9.17, 15) is 9.90 Å². The molecule has 1 N–H and O–H groups in total. The minimum atomic E-state index is -0.141. The molecule has 0 atom stereocenters. The van der Waals surface area contributed by atoms with Crippen LogP contribution in [0.25, 0.3) is 0 Å². The van der Waals surface area contributed by atoms with Crippen LogP contribution in [-0.4, -0.2) is 44.3 Å². The van der Waals surface area contributed by atoms with Crippen molar-refractivity contribution in [2.24, 2.45) is 0 Å². The first-order valence-corrected chi connectivity index (χ1v) is 6.22. The fourth-order valence-electron chi connectivity index (χ4n) is 2.25. The molecule has 3 rings (SSSR count). The molecule has 0 radical (unpaired) electrons. The van der Waals surface area contributed by atoms with Crippen molar-refractivity contribution in [3.05, 3.63) is 35.9 Å². The minimum Gasteiger partial charge on any atom is -0.504 e. The molecular formula is C13H14N4O3. The fourth-order valence-corrected chi connectivity index (χ4v) is 2.25. The summed E-state index contributed by atoms with van der Waals surface area (Å²) in [5, 5.41) is 17.5. The molecule has 2 aromatic rings. The van der Waals surface area contributed by atoms with Crippen molar-refractivity contribution in [3.63, 3.8) is 0 Å². The number of hydrogen-bond donors (Lipinski definition) is 1. The Kier molecular flexibility index (Phi) is 3.02. The van der Waals surface area contributed by atoms with Crippen LogP contribution in [0.5, 0.6) is 11.5 Å². The topological polar surface area (TPSA) is 80.5 Å². The normalized spacial score (nSPS) is 13.9. The van der Waals surface area contributed by atoms with Crippen LogP contribution >= 0.6 is 0 Å². The van der Waals surface area contributed by atoms with E-state index in [-0.39, 0.29) is 11.7 Å². The number of carbonyl (C=O) groups is 1. The first-order chi connectivity index (χ1) is 9.69. The quantitative estimate of drug-likeness (QED) is 0.869. The number of benzene rings is 1. The number of nitrogens with zero attached hydrogens (tertiary/aromatic N) is 4. The third kappa shape index (κ3) is 2.07. The van der Waals surface area contributed by atoms with Gasteiger partial charge in [-0.05, 0) is 18.2 Å². The van der Waals surface area contributed by atoms with Crippen LogP contribution in [0, 0.1) is 0 Å². The Morgan fingerprint density at radius 3 is 3.00 bits per heavy atom. The van der Waals surface area contributed by atoms with Gasteiger partial charge in [-0.1, -0.05) is 0 Å². The van der Waals surface area contributed by atoms with Crippen LogP contribution in [0.1, 0.15) is 16.2 Å². The Bertz CT molecular complexity index is 653. The van der Waals surface area contributed by atoms with Crippen LogP contribution in [-0.2, 0) is 13.1 Å². The Labute approximate surface area is 115 Å². The van der Waals surface area contributed by atoms with E-state index in [2.05, 4.69) is 10.2 Å². The lowest BCUT2D eigenvalue weighted by Crippen LogP contribution is -2.38. The van der Waals surface area contributed by atoms with E-state index in [1.54, 1.807) is 23.4 Å². The second-order valence-corrected chi connectivity index (χ2v) is 4.55. The zero-order valence-corrected chi connectivity index (χ0v) is 11.0. The van der Waals surface area contributed by atoms with Gasteiger partial charge in [-0.2, -0.15) is 0 Å². The van der Waals surface area contributed by atoms with Crippen LogP contribution in [0.2, 0.25) is 0 Å². The number of phenols is 1. The average molecular weight is 274 g/mol. The number of aromatic hydroxyl groups is 1. The van der Waals surface area contributed by atoms with E-state index >= 15 is 0 Å². The maximum absolute atomic E-state index is 12.4. The van der Waals surface area contributed by atoms with Crippen LogP contribution in [0.15, 0.2) is 24.5 Å². The predicted octanol–water partition coefficient (Wildman–Crippen LogP) is 0.648. The van der Waals surface area contributed by atoms with Crippen molar-refractivity contribution < 1.29 is 14.6 Å². The summed E-state index contributed by atoms with van der Waals surface area (Å²) in [6.07, 6.45) is 1.66. The molecule has 1 aromatic carbocycles. The van der Waals surface area contributed by atoms with Crippen molar-refractivity contribution in [2.45, 2.75) is 13.1 Å². The predicted molar refractivity (Wildman–Crippen MR) is 69.4 cm³/mol. The van der Waals surface area contributed by atoms with E-state index in [4.69, 9.17) is 4.74 Å². The maximum Gasteiger partial charge on any atom is 0.254 e. The average Bonchev–Trinajstić information content (AvgIpc) is 2.93. The van der Waals surface area contributed by atoms with Gasteiger partial charge in [-0.25, -0.2) is 0 Å². The van der Waals surface area contributed by atoms with Gasteiger partial charge >= 0.3 is 0 Å². The summed E-state index contributed by atoms with van der Waals surface area (Å²) < 4.78 is 6.89. The summed E-state index contributed by atoms with van der Waals surface area (Å²) in [6, 6.07) is 4.63. The molecule has 2 heterocycles. The van der Waals surface area contributed by atoms with Gasteiger partial charge in [-0.3, -0.25) is 4.79 Å². The molecule has 1 aromatic heterocycles. The fraction of sp³-hybridized carbons (Fsp3) is 0.308. The van der Waals surface area contributed by atoms with Crippen molar-refractivity contribution in [3.8, 4) is 11.5 Å². The van der Waals surface area contributed by atoms with Gasteiger partial charge in [-0.15, -0.1) is 10.2 Å². The van der Waals surface area contributed by atoms with E-state index in [1.807, 2.05) is 4.57 Å². The molecule has 1 amide bonds. The number of phenolic OH excluding ortho intramolecular Hbond substituents is 1. The molecule has 0 bridgehead atoms. The zero-order chi connectivity index (χ0) is 14.1. The molecule has 0 unspecified atom stereocenters. The monoisotopic (exact) mass is 274 g/mol. The number of ether oxygens (including phenoxy) is 1. The summed E-state index contributed by atoms with van der Waals surface area (Å²) in [6.45, 7) is 1.69. The first kappa shape index (κ1) is 12.5. The van der Waals surface area contributed by atoms with Gasteiger partial charge in [0.05, 0.1) is 13.7 Å². The lowest BCUT2D eigenvalue weighted by atomic mass is 10.1. The largest absolute Gasteiger partial charge is 0.504 e. The van der Waals surface area contributed by atoms with Crippen molar-refractivity contribution >= 4 is 5.91 Å². The lowest BCUT2D eigenvalue weighted by Gasteiger charge is -2.27. The molecule has 7 heteroatoms. The molecule has 104 valence electrons. The van der Waals surface area contributed by atoms with Crippen LogP contribution < -0.4 is 4.74 Å². The molecule has 20 heavy (non-hydrogen) atoms. The summed E-state index contributed by atoms with van der Waals surface area (Å²) >= 11 is 0. The summed E-state index contributed by atoms with van der Waals surface area (Å²) in [7, 11) is 1.47. The highest BCUT2D eigenvalue weighted by atomic mass is 16.5. The maximum atomic E-state index is 12.4. The van der Waals surface area contributed by atoms with E-state index in [0.29, 0.717) is 30.9 Å². The smallest absolute Gasteiger partial charge is 0.254 e. The molecule has 1 aliphatic heterocycles. The molecular weight excluding hydrogens is 260 g/mol. The Balaban J connectivity index is 1.81. The lowest BCUT2D eigenvalue weighted by molar-refractivity contribution is 0.0707. The number of carbonyl (C=O) groups excluding carboxylic acids is 1. The van der Waals surface area contributed by atoms with Gasteiger partial charge in [0.15, 0.2) is 17.3 Å². The summed E-state index contributed by atoms with van der Waals surface area (Å²) in [5.41, 5.74) is 0.427. The third-order valence-corrected chi connectivity index (χ3v) is 3.35. The molecule has 0 saturated heterocycles. The van der Waals surface area contributed by atoms with Gasteiger partial charge < -0.3 is 19.3 Å². The number of aromatic nitrogens is 3. The van der Waals surface area contributed by atoms with E-state index in [1.165, 1.54) is 13.2 Å². The minimum absolute atomic E-state index is 0.0430. The number of fused-ring (bicyclic) bond motifs is 1. The first-order valence-electron chi connectivity index (χ1n) is 6.22. The zero-order valence-electron chi connectivity index (χ0n) is 11.0. The van der Waals surface area contributed by atoms with Gasteiger partial charge in [0.2, 0.25) is 0 Å². The Hall–Kier alpha value is -2.57. The molecule has 7 nitrogen and oxygen atoms in total. The van der Waals surface area contributed by atoms with Crippen molar-refractivity contribution in [2.75, 3.05) is 13.7 Å². The Morgan fingerprint density at radius 2 is 2.25 bits per heavy atom. The van der Waals surface area contributed by atoms with Gasteiger partial charge in [0.25, 0.3) is 5.91 Å². The molecule has 0 spiro atoms. The van der Waals surface area contributed by atoms with Crippen LogP contribution in [0.3, 0.4) is 0 Å². The summed E-state index contributed by atoms with van der Waals surface area (Å²) in [5.74, 6) is 0.929. The Morgan fingerprint density at radius 1 is 1.40 bits per heavy atom. The number of methoxy groups -OCH3 is 1. The van der Waals surface area contributed by atoms with Crippen molar-refractivity contribution in [1.29, 1.82) is 0 Å². The highest BCUT2D eigenvalue weighted by molar-refractivity contribution is 5.94. The SMILES string of the molecule is COc1ccc(C(=O)N2CCn3cnnc3C2)cc1O. The van der Waals surface area contributed by atoms with Crippen molar-refractivity contribution in [1.82, 2.24) is 19.7 Å². The highest BCUT2D eigenvalue weighted by Crippen LogP contribution is 2.27. The molecule has 0 aliphatic carbocycles. The van der Waals surface area contributed by atoms with Gasteiger partial charge in [0.1, 0.15) is 6.33 Å². The number of amides is 1. The second kappa shape index (κ2) is 4.84. The number of hydrogen-bond acceptors (Lipinski definition) is 5. The second-order valence-electron chi connectivity index (χ2n) is 4.55. The number of rotatable bonds is 2. The molecule has 0 fully saturated rings. The summed E-state index contributed by atoms with van der Waals surface area (Å²) in [4.78, 5) is 14.1.